The molecular formula is C15H30N2O2. The third-order valence-electron chi connectivity index (χ3n) is 4.29. The van der Waals surface area contributed by atoms with Gasteiger partial charge in [0.15, 0.2) is 0 Å². The van der Waals surface area contributed by atoms with Gasteiger partial charge in [0.1, 0.15) is 6.04 Å². The van der Waals surface area contributed by atoms with E-state index < -0.39 is 12.1 Å². The van der Waals surface area contributed by atoms with E-state index in [4.69, 9.17) is 0 Å². The first-order chi connectivity index (χ1) is 9.20. The SMILES string of the molecule is CCCCCCCCCC1NC[C@@H](C)[C@H](N=O)[C@H]1O. The number of nitroso groups, excluding NO2 is 1. The van der Waals surface area contributed by atoms with E-state index >= 15 is 0 Å². The van der Waals surface area contributed by atoms with Crippen LogP contribution in [0.4, 0.5) is 0 Å². The molecule has 1 fully saturated rings. The second-order valence-corrected chi connectivity index (χ2v) is 5.99. The molecule has 1 rings (SSSR count). The summed E-state index contributed by atoms with van der Waals surface area (Å²) in [5.74, 6) is 0.137. The second kappa shape index (κ2) is 9.43. The molecule has 0 bridgehead atoms. The van der Waals surface area contributed by atoms with Crippen molar-refractivity contribution in [2.45, 2.75) is 83.4 Å². The molecule has 0 aromatic carbocycles. The van der Waals surface area contributed by atoms with E-state index in [1.165, 1.54) is 38.5 Å². The van der Waals surface area contributed by atoms with Gasteiger partial charge in [0.25, 0.3) is 0 Å². The number of nitrogens with one attached hydrogen (secondary N) is 1. The molecule has 0 spiro atoms. The van der Waals surface area contributed by atoms with Gasteiger partial charge in [-0.1, -0.05) is 64.0 Å². The van der Waals surface area contributed by atoms with Gasteiger partial charge in [-0.25, -0.2) is 0 Å². The molecule has 0 aromatic rings. The number of nitrogens with zero attached hydrogens (tertiary/aromatic N) is 1. The van der Waals surface area contributed by atoms with Crippen molar-refractivity contribution >= 4 is 0 Å². The molecule has 4 atom stereocenters. The molecule has 1 unspecified atom stereocenters. The topological polar surface area (TPSA) is 61.7 Å². The summed E-state index contributed by atoms with van der Waals surface area (Å²) >= 11 is 0. The second-order valence-electron chi connectivity index (χ2n) is 5.99. The van der Waals surface area contributed by atoms with Gasteiger partial charge in [0.05, 0.1) is 6.10 Å². The molecule has 4 heteroatoms. The molecule has 4 nitrogen and oxygen atoms in total. The Balaban J connectivity index is 2.13. The van der Waals surface area contributed by atoms with Crippen LogP contribution >= 0.6 is 0 Å². The standard InChI is InChI=1S/C15H30N2O2/c1-3-4-5-6-7-8-9-10-13-15(18)14(17-19)12(2)11-16-13/h12-16,18H,3-11H2,1-2H3/t12-,13?,14+,15+/m1/s1. The number of rotatable bonds is 9. The number of aliphatic hydroxyl groups excluding tert-OH is 1. The maximum atomic E-state index is 10.8. The van der Waals surface area contributed by atoms with E-state index in [9.17, 15) is 10.0 Å². The van der Waals surface area contributed by atoms with Crippen LogP contribution in [0.15, 0.2) is 5.18 Å². The minimum absolute atomic E-state index is 0.0505. The van der Waals surface area contributed by atoms with Crippen molar-refractivity contribution < 1.29 is 5.11 Å². The van der Waals surface area contributed by atoms with E-state index in [1.807, 2.05) is 6.92 Å². The number of hydrogen-bond donors (Lipinski definition) is 2. The van der Waals surface area contributed by atoms with Gasteiger partial charge in [-0.15, -0.1) is 0 Å². The van der Waals surface area contributed by atoms with Gasteiger partial charge in [0.2, 0.25) is 0 Å². The van der Waals surface area contributed by atoms with Crippen molar-refractivity contribution in [1.29, 1.82) is 0 Å². The summed E-state index contributed by atoms with van der Waals surface area (Å²) in [6.45, 7) is 4.98. The summed E-state index contributed by atoms with van der Waals surface area (Å²) in [6.07, 6.45) is 9.27. The zero-order valence-corrected chi connectivity index (χ0v) is 12.5. The Labute approximate surface area is 117 Å². The zero-order valence-electron chi connectivity index (χ0n) is 12.5. The van der Waals surface area contributed by atoms with E-state index in [1.54, 1.807) is 0 Å². The average molecular weight is 270 g/mol. The van der Waals surface area contributed by atoms with Gasteiger partial charge < -0.3 is 10.4 Å². The van der Waals surface area contributed by atoms with Crippen LogP contribution in [0.3, 0.4) is 0 Å². The molecule has 0 aliphatic carbocycles. The Bertz CT molecular complexity index is 248. The Morgan fingerprint density at radius 2 is 1.79 bits per heavy atom. The van der Waals surface area contributed by atoms with Crippen LogP contribution in [0.25, 0.3) is 0 Å². The normalized spacial score (nSPS) is 31.3. The maximum absolute atomic E-state index is 10.8. The van der Waals surface area contributed by atoms with Gasteiger partial charge >= 0.3 is 0 Å². The third-order valence-corrected chi connectivity index (χ3v) is 4.29. The molecule has 1 aliphatic rings. The monoisotopic (exact) mass is 270 g/mol. The Hall–Kier alpha value is -0.480. The van der Waals surface area contributed by atoms with Crippen LogP contribution in [-0.2, 0) is 0 Å². The lowest BCUT2D eigenvalue weighted by atomic mass is 9.86. The van der Waals surface area contributed by atoms with Gasteiger partial charge in [-0.3, -0.25) is 0 Å². The average Bonchev–Trinajstić information content (AvgIpc) is 2.40. The van der Waals surface area contributed by atoms with Crippen molar-refractivity contribution in [3.8, 4) is 0 Å². The number of hydrogen-bond acceptors (Lipinski definition) is 4. The molecule has 0 saturated carbocycles. The lowest BCUT2D eigenvalue weighted by Crippen LogP contribution is -2.55. The Morgan fingerprint density at radius 1 is 1.16 bits per heavy atom. The zero-order chi connectivity index (χ0) is 14.1. The molecule has 0 amide bonds. The van der Waals surface area contributed by atoms with Crippen molar-refractivity contribution in [2.24, 2.45) is 11.1 Å². The molecule has 112 valence electrons. The fourth-order valence-corrected chi connectivity index (χ4v) is 2.91. The third kappa shape index (κ3) is 5.57. The summed E-state index contributed by atoms with van der Waals surface area (Å²) in [6, 6.07) is -0.384. The predicted molar refractivity (Wildman–Crippen MR) is 79.2 cm³/mol. The van der Waals surface area contributed by atoms with Crippen molar-refractivity contribution in [2.75, 3.05) is 6.54 Å². The van der Waals surface area contributed by atoms with Crippen LogP contribution in [0.5, 0.6) is 0 Å². The quantitative estimate of drug-likeness (QED) is 0.499. The maximum Gasteiger partial charge on any atom is 0.123 e. The summed E-state index contributed by atoms with van der Waals surface area (Å²) in [4.78, 5) is 10.8. The van der Waals surface area contributed by atoms with Crippen LogP contribution < -0.4 is 5.32 Å². The van der Waals surface area contributed by atoms with Crippen LogP contribution in [-0.4, -0.2) is 29.8 Å². The Morgan fingerprint density at radius 3 is 2.42 bits per heavy atom. The highest BCUT2D eigenvalue weighted by molar-refractivity contribution is 4.94. The first-order valence-corrected chi connectivity index (χ1v) is 7.94. The highest BCUT2D eigenvalue weighted by atomic mass is 16.3. The van der Waals surface area contributed by atoms with Crippen LogP contribution in [0.1, 0.15) is 65.2 Å². The van der Waals surface area contributed by atoms with E-state index in [0.717, 1.165) is 19.4 Å². The molecule has 2 N–H and O–H groups in total. The molecule has 0 radical (unpaired) electrons. The fraction of sp³-hybridized carbons (Fsp3) is 1.00. The van der Waals surface area contributed by atoms with Crippen molar-refractivity contribution in [1.82, 2.24) is 5.32 Å². The van der Waals surface area contributed by atoms with Crippen molar-refractivity contribution in [3.05, 3.63) is 4.91 Å². The summed E-state index contributed by atoms with van der Waals surface area (Å²) < 4.78 is 0. The minimum atomic E-state index is -0.610. The summed E-state index contributed by atoms with van der Waals surface area (Å²) in [5.41, 5.74) is 0. The largest absolute Gasteiger partial charge is 0.389 e. The van der Waals surface area contributed by atoms with Gasteiger partial charge in [0, 0.05) is 12.6 Å². The van der Waals surface area contributed by atoms with Crippen LogP contribution in [0, 0.1) is 10.8 Å². The number of aliphatic hydroxyl groups is 1. The molecular weight excluding hydrogens is 240 g/mol. The van der Waals surface area contributed by atoms with Gasteiger partial charge in [-0.2, -0.15) is 4.91 Å². The fourth-order valence-electron chi connectivity index (χ4n) is 2.91. The lowest BCUT2D eigenvalue weighted by Gasteiger charge is -2.36. The first-order valence-electron chi connectivity index (χ1n) is 7.94. The minimum Gasteiger partial charge on any atom is -0.389 e. The molecule has 0 aromatic heterocycles. The van der Waals surface area contributed by atoms with Crippen molar-refractivity contribution in [3.63, 3.8) is 0 Å². The summed E-state index contributed by atoms with van der Waals surface area (Å²) in [5, 5.41) is 16.6. The summed E-state index contributed by atoms with van der Waals surface area (Å²) in [7, 11) is 0. The molecule has 1 aliphatic heterocycles. The Kier molecular flexibility index (Phi) is 8.22. The molecule has 1 heterocycles. The van der Waals surface area contributed by atoms with E-state index in [-0.39, 0.29) is 12.0 Å². The van der Waals surface area contributed by atoms with E-state index in [0.29, 0.717) is 0 Å². The number of unbranched alkanes of at least 4 members (excludes halogenated alkanes) is 6. The molecule has 1 saturated heterocycles. The number of piperidine rings is 1. The molecule has 19 heavy (non-hydrogen) atoms. The van der Waals surface area contributed by atoms with Gasteiger partial charge in [-0.05, 0) is 12.3 Å². The predicted octanol–water partition coefficient (Wildman–Crippen LogP) is 3.23. The lowest BCUT2D eigenvalue weighted by molar-refractivity contribution is 0.0496. The van der Waals surface area contributed by atoms with E-state index in [2.05, 4.69) is 17.4 Å². The smallest absolute Gasteiger partial charge is 0.123 e. The van der Waals surface area contributed by atoms with Crippen LogP contribution in [0.2, 0.25) is 0 Å². The highest BCUT2D eigenvalue weighted by Crippen LogP contribution is 2.22. The first kappa shape index (κ1) is 16.6. The highest BCUT2D eigenvalue weighted by Gasteiger charge is 2.36.